The molecule has 0 spiro atoms. The van der Waals surface area contributed by atoms with E-state index in [1.54, 1.807) is 36.4 Å². The number of nitrogens with two attached hydrogens (primary N) is 1. The molecule has 0 radical (unpaired) electrons. The van der Waals surface area contributed by atoms with Crippen molar-refractivity contribution >= 4 is 61.3 Å². The third-order valence-corrected chi connectivity index (χ3v) is 7.20. The Kier molecular flexibility index (Phi) is 6.99. The van der Waals surface area contributed by atoms with Gasteiger partial charge in [-0.25, -0.2) is 13.2 Å². The van der Waals surface area contributed by atoms with Gasteiger partial charge in [0.1, 0.15) is 6.04 Å². The molecule has 3 aromatic carbocycles. The van der Waals surface area contributed by atoms with Crippen molar-refractivity contribution in [1.29, 1.82) is 0 Å². The van der Waals surface area contributed by atoms with E-state index in [-0.39, 0.29) is 27.0 Å². The van der Waals surface area contributed by atoms with Crippen LogP contribution in [0.25, 0.3) is 10.8 Å². The van der Waals surface area contributed by atoms with Gasteiger partial charge in [-0.05, 0) is 36.8 Å². The average Bonchev–Trinajstić information content (AvgIpc) is 2.70. The molecule has 0 aliphatic rings. The fraction of sp³-hybridized carbons (Fsp3) is 0.227. The number of halogens is 2. The summed E-state index contributed by atoms with van der Waals surface area (Å²) in [6.45, 7) is 1.91. The first-order valence-electron chi connectivity index (χ1n) is 9.67. The van der Waals surface area contributed by atoms with Crippen molar-refractivity contribution < 1.29 is 18.3 Å². The lowest BCUT2D eigenvalue weighted by Gasteiger charge is -2.31. The Morgan fingerprint density at radius 1 is 1.06 bits per heavy atom. The van der Waals surface area contributed by atoms with Crippen molar-refractivity contribution in [2.45, 2.75) is 37.1 Å². The molecule has 9 heteroatoms. The molecule has 0 bridgehead atoms. The number of carboxylic acids is 1. The fourth-order valence-corrected chi connectivity index (χ4v) is 5.89. The third kappa shape index (κ3) is 4.74. The van der Waals surface area contributed by atoms with Gasteiger partial charge in [-0.3, -0.25) is 4.31 Å². The van der Waals surface area contributed by atoms with Crippen LogP contribution in [0, 0.1) is 0 Å². The van der Waals surface area contributed by atoms with Gasteiger partial charge in [0.25, 0.3) is 10.0 Å². The maximum atomic E-state index is 13.8. The van der Waals surface area contributed by atoms with Gasteiger partial charge in [0.15, 0.2) is 0 Å². The third-order valence-electron chi connectivity index (χ3n) is 4.96. The maximum Gasteiger partial charge on any atom is 0.327 e. The number of fused-ring (bicyclic) bond motifs is 1. The number of hydrogen-bond donors (Lipinski definition) is 2. The molecule has 0 saturated carbocycles. The van der Waals surface area contributed by atoms with Crippen LogP contribution in [0.2, 0.25) is 10.0 Å². The number of hydrogen-bond acceptors (Lipinski definition) is 4. The van der Waals surface area contributed by atoms with E-state index in [0.29, 0.717) is 29.3 Å². The predicted molar refractivity (Wildman–Crippen MR) is 125 cm³/mol. The molecule has 1 atom stereocenters. The number of sulfonamides is 1. The molecule has 0 aliphatic heterocycles. The summed E-state index contributed by atoms with van der Waals surface area (Å²) in [5, 5.41) is 11.4. The summed E-state index contributed by atoms with van der Waals surface area (Å²) in [5.41, 5.74) is 6.77. The first-order chi connectivity index (χ1) is 14.7. The average molecular weight is 481 g/mol. The van der Waals surface area contributed by atoms with Crippen molar-refractivity contribution in [2.75, 3.05) is 10.0 Å². The van der Waals surface area contributed by atoms with Crippen LogP contribution in [0.15, 0.2) is 59.5 Å². The van der Waals surface area contributed by atoms with Crippen LogP contribution in [0.5, 0.6) is 0 Å². The minimum Gasteiger partial charge on any atom is -0.480 e. The van der Waals surface area contributed by atoms with Crippen molar-refractivity contribution in [3.05, 3.63) is 64.6 Å². The molecule has 31 heavy (non-hydrogen) atoms. The van der Waals surface area contributed by atoms with Gasteiger partial charge in [-0.1, -0.05) is 67.2 Å². The standard InChI is InChI=1S/C22H22Cl2N2O4S/c1-2-3-9-21(22(27)28)26(31(29,30)16-12-14(23)11-15(24)13-16)20-10-5-6-17-18(20)7-4-8-19(17)25/h4-8,10-13,21H,2-3,9,25H2,1H3,(H,27,28). The number of anilines is 2. The van der Waals surface area contributed by atoms with E-state index in [4.69, 9.17) is 28.9 Å². The van der Waals surface area contributed by atoms with Gasteiger partial charge in [-0.2, -0.15) is 0 Å². The van der Waals surface area contributed by atoms with Crippen LogP contribution in [0.1, 0.15) is 26.2 Å². The molecule has 0 heterocycles. The summed E-state index contributed by atoms with van der Waals surface area (Å²) < 4.78 is 28.5. The van der Waals surface area contributed by atoms with Gasteiger partial charge < -0.3 is 10.8 Å². The molecule has 1 unspecified atom stereocenters. The smallest absolute Gasteiger partial charge is 0.327 e. The molecule has 3 rings (SSSR count). The number of benzene rings is 3. The molecule has 0 aromatic heterocycles. The van der Waals surface area contributed by atoms with Gasteiger partial charge in [0, 0.05) is 26.5 Å². The molecule has 3 N–H and O–H groups in total. The second-order valence-corrected chi connectivity index (χ2v) is 9.81. The topological polar surface area (TPSA) is 101 Å². The Morgan fingerprint density at radius 2 is 1.68 bits per heavy atom. The summed E-state index contributed by atoms with van der Waals surface area (Å²) in [6, 6.07) is 12.7. The van der Waals surface area contributed by atoms with E-state index in [0.717, 1.165) is 4.31 Å². The molecular weight excluding hydrogens is 459 g/mol. The van der Waals surface area contributed by atoms with E-state index in [9.17, 15) is 18.3 Å². The van der Waals surface area contributed by atoms with E-state index < -0.39 is 22.0 Å². The predicted octanol–water partition coefficient (Wildman–Crippen LogP) is 5.57. The molecule has 0 saturated heterocycles. The molecule has 164 valence electrons. The Bertz CT molecular complexity index is 1210. The van der Waals surface area contributed by atoms with Gasteiger partial charge in [0.05, 0.1) is 10.6 Å². The Labute approximate surface area is 191 Å². The quantitative estimate of drug-likeness (QED) is 0.410. The first-order valence-corrected chi connectivity index (χ1v) is 11.9. The Morgan fingerprint density at radius 3 is 2.29 bits per heavy atom. The van der Waals surface area contributed by atoms with Crippen LogP contribution in [0.3, 0.4) is 0 Å². The number of unbranched alkanes of at least 4 members (excludes halogenated alkanes) is 1. The van der Waals surface area contributed by atoms with Crippen LogP contribution < -0.4 is 10.0 Å². The number of rotatable bonds is 8. The summed E-state index contributed by atoms with van der Waals surface area (Å²) in [7, 11) is -4.34. The second-order valence-electron chi connectivity index (χ2n) is 7.12. The molecule has 0 aliphatic carbocycles. The number of carboxylic acid groups (broad SMARTS) is 1. The van der Waals surface area contributed by atoms with Gasteiger partial charge in [0.2, 0.25) is 0 Å². The summed E-state index contributed by atoms with van der Waals surface area (Å²) in [5.74, 6) is -1.24. The molecule has 0 amide bonds. The van der Waals surface area contributed by atoms with E-state index in [2.05, 4.69) is 0 Å². The highest BCUT2D eigenvalue weighted by Crippen LogP contribution is 2.37. The lowest BCUT2D eigenvalue weighted by Crippen LogP contribution is -2.45. The maximum absolute atomic E-state index is 13.8. The minimum absolute atomic E-state index is 0.133. The lowest BCUT2D eigenvalue weighted by atomic mass is 10.0. The van der Waals surface area contributed by atoms with Crippen LogP contribution in [-0.4, -0.2) is 25.5 Å². The molecule has 0 fully saturated rings. The van der Waals surface area contributed by atoms with Crippen molar-refractivity contribution in [3.63, 3.8) is 0 Å². The second kappa shape index (κ2) is 9.34. The Balaban J connectivity index is 2.33. The number of nitrogen functional groups attached to an aromatic ring is 1. The van der Waals surface area contributed by atoms with Crippen LogP contribution in [-0.2, 0) is 14.8 Å². The van der Waals surface area contributed by atoms with Gasteiger partial charge >= 0.3 is 5.97 Å². The molecule has 6 nitrogen and oxygen atoms in total. The SMILES string of the molecule is CCCCC(C(=O)O)N(c1cccc2c(N)cccc12)S(=O)(=O)c1cc(Cl)cc(Cl)c1. The number of nitrogens with zero attached hydrogens (tertiary/aromatic N) is 1. The summed E-state index contributed by atoms with van der Waals surface area (Å²) >= 11 is 12.1. The first kappa shape index (κ1) is 23.2. The monoisotopic (exact) mass is 480 g/mol. The zero-order valence-electron chi connectivity index (χ0n) is 16.8. The minimum atomic E-state index is -4.34. The molecular formula is C22H22Cl2N2O4S. The number of carbonyl (C=O) groups is 1. The zero-order valence-corrected chi connectivity index (χ0v) is 19.1. The lowest BCUT2D eigenvalue weighted by molar-refractivity contribution is -0.138. The van der Waals surface area contributed by atoms with Crippen molar-refractivity contribution in [1.82, 2.24) is 0 Å². The highest BCUT2D eigenvalue weighted by molar-refractivity contribution is 7.93. The zero-order chi connectivity index (χ0) is 22.8. The van der Waals surface area contributed by atoms with Crippen LogP contribution in [0.4, 0.5) is 11.4 Å². The molecule has 3 aromatic rings. The van der Waals surface area contributed by atoms with Crippen molar-refractivity contribution in [3.8, 4) is 0 Å². The fourth-order valence-electron chi connectivity index (χ4n) is 3.50. The summed E-state index contributed by atoms with van der Waals surface area (Å²) in [6.07, 6.45) is 1.38. The van der Waals surface area contributed by atoms with E-state index >= 15 is 0 Å². The number of aliphatic carboxylic acids is 1. The van der Waals surface area contributed by atoms with E-state index in [1.165, 1.54) is 18.2 Å². The van der Waals surface area contributed by atoms with Crippen LogP contribution >= 0.6 is 23.2 Å². The largest absolute Gasteiger partial charge is 0.480 e. The van der Waals surface area contributed by atoms with E-state index in [1.807, 2.05) is 6.92 Å². The summed E-state index contributed by atoms with van der Waals surface area (Å²) in [4.78, 5) is 12.1. The Hall–Kier alpha value is -2.48. The van der Waals surface area contributed by atoms with Gasteiger partial charge in [-0.15, -0.1) is 0 Å². The highest BCUT2D eigenvalue weighted by Gasteiger charge is 2.37. The highest BCUT2D eigenvalue weighted by atomic mass is 35.5. The normalized spacial score (nSPS) is 12.6. The van der Waals surface area contributed by atoms with Crippen molar-refractivity contribution in [2.24, 2.45) is 0 Å².